The number of Topliss-reactive ketones (excluding diaryl/α,β-unsaturated/α-hetero) is 2. The van der Waals surface area contributed by atoms with Gasteiger partial charge in [0, 0.05) is 13.0 Å². The van der Waals surface area contributed by atoms with E-state index >= 15 is 0 Å². The average Bonchev–Trinajstić information content (AvgIpc) is 3.11. The lowest BCUT2D eigenvalue weighted by Crippen LogP contribution is -2.44. The van der Waals surface area contributed by atoms with Gasteiger partial charge in [0.2, 0.25) is 0 Å². The second kappa shape index (κ2) is 11.8. The zero-order chi connectivity index (χ0) is 18.7. The summed E-state index contributed by atoms with van der Waals surface area (Å²) >= 11 is 1.50. The van der Waals surface area contributed by atoms with E-state index in [-0.39, 0.29) is 12.2 Å². The van der Waals surface area contributed by atoms with Crippen LogP contribution >= 0.6 is 11.3 Å². The summed E-state index contributed by atoms with van der Waals surface area (Å²) in [5.41, 5.74) is 0. The molecule has 0 aliphatic carbocycles. The Morgan fingerprint density at radius 3 is 2.29 bits per heavy atom. The minimum atomic E-state index is -2.08. The molecule has 3 atom stereocenters. The zero-order valence-corrected chi connectivity index (χ0v) is 14.3. The highest BCUT2D eigenvalue weighted by molar-refractivity contribution is 7.12. The van der Waals surface area contributed by atoms with Gasteiger partial charge in [-0.3, -0.25) is 9.59 Å². The first-order valence-corrected chi connectivity index (χ1v) is 8.16. The highest BCUT2D eigenvalue weighted by atomic mass is 32.1. The summed E-state index contributed by atoms with van der Waals surface area (Å²) in [5, 5.41) is 39.9. The van der Waals surface area contributed by atoms with E-state index in [9.17, 15) is 14.4 Å². The number of aliphatic hydroxyl groups excluding tert-OH is 3. The molecule has 8 nitrogen and oxygen atoms in total. The predicted molar refractivity (Wildman–Crippen MR) is 88.1 cm³/mol. The molecule has 0 saturated carbocycles. The number of thiophene rings is 1. The quantitative estimate of drug-likeness (QED) is 0.297. The molecular weight excluding hydrogens is 338 g/mol. The van der Waals surface area contributed by atoms with Gasteiger partial charge in [0.25, 0.3) is 5.78 Å². The van der Waals surface area contributed by atoms with E-state index in [1.54, 1.807) is 0 Å². The number of aliphatic hydroxyl groups is 3. The van der Waals surface area contributed by atoms with Crippen LogP contribution in [0.5, 0.6) is 0 Å². The summed E-state index contributed by atoms with van der Waals surface area (Å²) in [6, 6.07) is 3.76. The average molecular weight is 361 g/mol. The van der Waals surface area contributed by atoms with Gasteiger partial charge in [-0.25, -0.2) is 4.79 Å². The SMILES string of the molecule is CC[C@@H](O)[C@H](O)[C@@H](O)C(=O)C(=O)O.CNCCC(=O)c1cccs1. The van der Waals surface area contributed by atoms with Crippen LogP contribution in [0.15, 0.2) is 17.5 Å². The number of hydrogen-bond acceptors (Lipinski definition) is 8. The van der Waals surface area contributed by atoms with E-state index in [1.807, 2.05) is 24.6 Å². The molecular formula is C15H23NO7S. The Kier molecular flexibility index (Phi) is 11.0. The van der Waals surface area contributed by atoms with Crippen LogP contribution < -0.4 is 5.32 Å². The van der Waals surface area contributed by atoms with Crippen LogP contribution in [0.25, 0.3) is 0 Å². The fraction of sp³-hybridized carbons (Fsp3) is 0.533. The highest BCUT2D eigenvalue weighted by Gasteiger charge is 2.32. The summed E-state index contributed by atoms with van der Waals surface area (Å²) in [5.74, 6) is -3.13. The van der Waals surface area contributed by atoms with E-state index in [0.717, 1.165) is 11.4 Å². The summed E-state index contributed by atoms with van der Waals surface area (Å²) in [4.78, 5) is 32.7. The Hall–Kier alpha value is -1.65. The van der Waals surface area contributed by atoms with Gasteiger partial charge in [-0.2, -0.15) is 0 Å². The molecule has 0 spiro atoms. The standard InChI is InChI=1S/C8H11NOS.C7H12O6/c1-9-5-4-7(10)8-3-2-6-11-8;1-2-3(8)4(9)5(10)6(11)7(12)13/h2-3,6,9H,4-5H2,1H3;3-5,8-10H,2H2,1H3,(H,12,13)/t;3-,4+,5-/m.1/s1. The number of carboxylic acid groups (broad SMARTS) is 1. The van der Waals surface area contributed by atoms with Gasteiger partial charge in [-0.1, -0.05) is 13.0 Å². The highest BCUT2D eigenvalue weighted by Crippen LogP contribution is 2.10. The molecule has 0 saturated heterocycles. The number of rotatable bonds is 9. The Balaban J connectivity index is 0.000000446. The second-order valence-electron chi connectivity index (χ2n) is 4.83. The molecule has 1 aromatic heterocycles. The molecule has 1 rings (SSSR count). The third kappa shape index (κ3) is 7.75. The van der Waals surface area contributed by atoms with E-state index < -0.39 is 30.1 Å². The molecule has 0 aliphatic rings. The molecule has 0 fully saturated rings. The van der Waals surface area contributed by atoms with Crippen molar-refractivity contribution >= 4 is 28.9 Å². The van der Waals surface area contributed by atoms with Crippen molar-refractivity contribution in [3.63, 3.8) is 0 Å². The summed E-state index contributed by atoms with van der Waals surface area (Å²) in [6.45, 7) is 2.28. The van der Waals surface area contributed by atoms with Gasteiger partial charge < -0.3 is 25.7 Å². The van der Waals surface area contributed by atoms with Crippen LogP contribution in [0.3, 0.4) is 0 Å². The van der Waals surface area contributed by atoms with E-state index in [0.29, 0.717) is 6.42 Å². The summed E-state index contributed by atoms with van der Waals surface area (Å²) in [6.07, 6.45) is -4.43. The van der Waals surface area contributed by atoms with E-state index in [1.165, 1.54) is 18.3 Å². The molecule has 1 aromatic rings. The molecule has 1 heterocycles. The van der Waals surface area contributed by atoms with Gasteiger partial charge in [-0.05, 0) is 24.9 Å². The number of carboxylic acids is 1. The first-order chi connectivity index (χ1) is 11.3. The fourth-order valence-electron chi connectivity index (χ4n) is 1.53. The number of carbonyl (C=O) groups excluding carboxylic acids is 2. The molecule has 0 aliphatic heterocycles. The topological polar surface area (TPSA) is 144 Å². The minimum absolute atomic E-state index is 0.116. The minimum Gasteiger partial charge on any atom is -0.475 e. The smallest absolute Gasteiger partial charge is 0.375 e. The Morgan fingerprint density at radius 2 is 1.88 bits per heavy atom. The third-order valence-corrected chi connectivity index (χ3v) is 3.92. The number of aliphatic carboxylic acids is 1. The normalized spacial score (nSPS) is 14.0. The van der Waals surface area contributed by atoms with E-state index in [2.05, 4.69) is 5.32 Å². The number of carbonyl (C=O) groups is 3. The molecule has 0 unspecified atom stereocenters. The van der Waals surface area contributed by atoms with Crippen LogP contribution in [0.2, 0.25) is 0 Å². The zero-order valence-electron chi connectivity index (χ0n) is 13.5. The van der Waals surface area contributed by atoms with Crippen molar-refractivity contribution in [1.82, 2.24) is 5.32 Å². The lowest BCUT2D eigenvalue weighted by Gasteiger charge is -2.19. The molecule has 0 aromatic carbocycles. The van der Waals surface area contributed by atoms with Crippen molar-refractivity contribution in [2.24, 2.45) is 0 Å². The van der Waals surface area contributed by atoms with Gasteiger partial charge >= 0.3 is 5.97 Å². The molecule has 0 amide bonds. The number of hydrogen-bond donors (Lipinski definition) is 5. The van der Waals surface area contributed by atoms with Crippen molar-refractivity contribution in [3.05, 3.63) is 22.4 Å². The Morgan fingerprint density at radius 1 is 1.25 bits per heavy atom. The van der Waals surface area contributed by atoms with E-state index in [4.69, 9.17) is 20.4 Å². The summed E-state index contributed by atoms with van der Waals surface area (Å²) < 4.78 is 0. The summed E-state index contributed by atoms with van der Waals surface area (Å²) in [7, 11) is 1.85. The monoisotopic (exact) mass is 361 g/mol. The molecule has 0 radical (unpaired) electrons. The molecule has 24 heavy (non-hydrogen) atoms. The Bertz CT molecular complexity index is 518. The molecule has 0 bridgehead atoms. The van der Waals surface area contributed by atoms with Crippen molar-refractivity contribution in [3.8, 4) is 0 Å². The Labute approximate surface area is 143 Å². The number of nitrogens with one attached hydrogen (secondary N) is 1. The van der Waals surface area contributed by atoms with Crippen LogP contribution in [0, 0.1) is 0 Å². The van der Waals surface area contributed by atoms with Crippen LogP contribution in [0.4, 0.5) is 0 Å². The van der Waals surface area contributed by atoms with Crippen molar-refractivity contribution in [1.29, 1.82) is 0 Å². The maximum atomic E-state index is 11.2. The lowest BCUT2D eigenvalue weighted by molar-refractivity contribution is -0.158. The fourth-order valence-corrected chi connectivity index (χ4v) is 2.23. The molecule has 136 valence electrons. The first kappa shape index (κ1) is 22.4. The first-order valence-electron chi connectivity index (χ1n) is 7.28. The largest absolute Gasteiger partial charge is 0.475 e. The van der Waals surface area contributed by atoms with Crippen LogP contribution in [-0.2, 0) is 9.59 Å². The molecule has 9 heteroatoms. The van der Waals surface area contributed by atoms with Crippen molar-refractivity contribution in [2.45, 2.75) is 38.1 Å². The maximum absolute atomic E-state index is 11.2. The third-order valence-electron chi connectivity index (χ3n) is 3.01. The van der Waals surface area contributed by atoms with Crippen LogP contribution in [-0.4, -0.2) is 69.9 Å². The predicted octanol–water partition coefficient (Wildman–Crippen LogP) is -0.327. The lowest BCUT2D eigenvalue weighted by atomic mass is 10.0. The van der Waals surface area contributed by atoms with Crippen LogP contribution in [0.1, 0.15) is 29.4 Å². The van der Waals surface area contributed by atoms with Gasteiger partial charge in [0.15, 0.2) is 11.9 Å². The molecule has 5 N–H and O–H groups in total. The second-order valence-corrected chi connectivity index (χ2v) is 5.78. The van der Waals surface area contributed by atoms with Gasteiger partial charge in [-0.15, -0.1) is 11.3 Å². The van der Waals surface area contributed by atoms with Crippen molar-refractivity contribution < 1.29 is 34.8 Å². The van der Waals surface area contributed by atoms with Gasteiger partial charge in [0.1, 0.15) is 6.10 Å². The van der Waals surface area contributed by atoms with Gasteiger partial charge in [0.05, 0.1) is 11.0 Å². The maximum Gasteiger partial charge on any atom is 0.375 e. The van der Waals surface area contributed by atoms with Crippen molar-refractivity contribution in [2.75, 3.05) is 13.6 Å². The number of ketones is 2.